The second-order valence-electron chi connectivity index (χ2n) is 29.0. The molecule has 15 aromatic heterocycles. The molecule has 0 amide bonds. The number of aryl methyl sites for hydroxylation is 11. The molecule has 0 saturated heterocycles. The van der Waals surface area contributed by atoms with Gasteiger partial charge in [-0.1, -0.05) is 53.0 Å². The minimum absolute atomic E-state index is 0.0458. The average Bonchev–Trinajstić information content (AvgIpc) is 0.877. The predicted molar refractivity (Wildman–Crippen MR) is 481 cm³/mol. The quantitative estimate of drug-likeness (QED) is 0.0480. The topological polar surface area (TPSA) is 372 Å². The Morgan fingerprint density at radius 1 is 0.281 bits per heavy atom. The van der Waals surface area contributed by atoms with Crippen molar-refractivity contribution >= 4 is 63.7 Å². The minimum Gasteiger partial charge on any atom is -0.456 e. The summed E-state index contributed by atoms with van der Waals surface area (Å²) >= 11 is 17.7. The summed E-state index contributed by atoms with van der Waals surface area (Å²) < 4.78 is 28.8. The van der Waals surface area contributed by atoms with Crippen molar-refractivity contribution in [2.75, 3.05) is 0 Å². The number of nitrogens with zero attached hydrogens (tertiary/aromatic N) is 17. The number of hydrogen-bond donors (Lipinski definition) is 0. The van der Waals surface area contributed by atoms with Crippen molar-refractivity contribution in [2.45, 2.75) is 108 Å². The highest BCUT2D eigenvalue weighted by Crippen LogP contribution is 2.31. The molecule has 0 aliphatic heterocycles. The summed E-state index contributed by atoms with van der Waals surface area (Å²) in [6.07, 6.45) is 17.9. The zero-order valence-electron chi connectivity index (χ0n) is 71.4. The van der Waals surface area contributed by atoms with Gasteiger partial charge < -0.3 is 23.7 Å². The van der Waals surface area contributed by atoms with Crippen molar-refractivity contribution in [1.29, 1.82) is 10.5 Å². The van der Waals surface area contributed by atoms with Crippen LogP contribution in [0.3, 0.4) is 0 Å². The number of carbonyl (C=O) groups excluding carboxylic acids is 5. The second kappa shape index (κ2) is 45.2. The van der Waals surface area contributed by atoms with Crippen molar-refractivity contribution in [1.82, 2.24) is 74.8 Å². The van der Waals surface area contributed by atoms with Crippen LogP contribution in [0.25, 0.3) is 0 Å². The summed E-state index contributed by atoms with van der Waals surface area (Å²) in [5.41, 5.74) is 14.9. The van der Waals surface area contributed by atoms with E-state index in [2.05, 4.69) is 74.8 Å². The SMILES string of the molecule is Cc1cc(Oc2cncc(Cl)c2)cc(C(=O)Cc2cc(C#N)ccn2)n1.Cc1ccc(CC(=O)c2cc(Oc3cncc(Cl)c3)cc(C)n2)nc1.Cc1ccc(Oc2cc(C)nc(C(=O)Cc3cc(C#N)ccn3)c2)cn1.Cc1ccc(Oc2cc(C)nc(C(=O)Cc3ccc(C)c(C)n3)c2)cn1.Cc1cccc(CC(=O)c2cc(Oc3cncc(Cl)c3)cc(C)n2)n1. The fourth-order valence-corrected chi connectivity index (χ4v) is 12.4. The highest BCUT2D eigenvalue weighted by molar-refractivity contribution is 6.31. The molecule has 15 heterocycles. The largest absolute Gasteiger partial charge is 0.456 e. The van der Waals surface area contributed by atoms with Crippen LogP contribution in [-0.2, 0) is 32.1 Å². The maximum absolute atomic E-state index is 12.6. The summed E-state index contributed by atoms with van der Waals surface area (Å²) in [6, 6.07) is 52.8. The molecule has 15 aromatic rings. The molecule has 0 atom stereocenters. The summed E-state index contributed by atoms with van der Waals surface area (Å²) in [7, 11) is 0. The lowest BCUT2D eigenvalue weighted by Crippen LogP contribution is -2.09. The number of nitriles is 2. The number of halogens is 3. The first-order valence-corrected chi connectivity index (χ1v) is 40.7. The van der Waals surface area contributed by atoms with Gasteiger partial charge in [0.25, 0.3) is 0 Å². The fourth-order valence-electron chi connectivity index (χ4n) is 11.9. The highest BCUT2D eigenvalue weighted by Gasteiger charge is 2.20. The predicted octanol–water partition coefficient (Wildman–Crippen LogP) is 20.5. The van der Waals surface area contributed by atoms with E-state index in [1.165, 1.54) is 37.2 Å². The number of rotatable bonds is 25. The maximum atomic E-state index is 12.6. The Morgan fingerprint density at radius 3 is 0.945 bits per heavy atom. The van der Waals surface area contributed by atoms with Crippen LogP contribution >= 0.6 is 34.8 Å². The molecule has 0 bridgehead atoms. The molecule has 128 heavy (non-hydrogen) atoms. The molecule has 27 nitrogen and oxygen atoms in total. The first-order valence-electron chi connectivity index (χ1n) is 39.6. The standard InChI is InChI=1S/C21H21N3O2.C20H16N4O2.C19H13ClN4O2.2C19H16ClN3O2/c1-13-5-7-17(24-16(13)4)10-21(25)20-11-19(9-15(3)23-20)26-18-8-6-14(2)22-12-18;1-13-3-4-17(12-23-13)26-18-7-14(2)24-19(10-18)20(25)9-16-8-15(11-21)5-6-22-16;1-12-4-16(26-17-6-14(20)10-22-11-17)8-18(24-12)19(25)7-15-5-13(9-21)2-3-23-15;1-12-3-4-15(22-9-12)7-19(24)18-8-16(5-13(2)23-18)25-17-6-14(20)10-21-11-17;1-12-4-3-5-15(22-12)8-19(24)18-9-16(6-13(2)23-18)25-17-7-14(20)10-21-11-17/h5-9,11-12H,10H2,1-4H3;3-8,10,12H,9H2,1-2H3;2-6,8,10-11H,7H2,1H3;3-6,8-11H,7H2,1-2H3;3-7,9-11H,8H2,1-2H3. The molecule has 0 saturated carbocycles. The first kappa shape index (κ1) is 93.2. The van der Waals surface area contributed by atoms with Crippen LogP contribution in [0.1, 0.15) is 154 Å². The maximum Gasteiger partial charge on any atom is 0.187 e. The monoisotopic (exact) mass is 1760 g/mol. The Bertz CT molecular complexity index is 6640. The Kier molecular flexibility index (Phi) is 32.9. The Balaban J connectivity index is 0.000000155. The van der Waals surface area contributed by atoms with Crippen LogP contribution in [0, 0.1) is 98.8 Å². The summed E-state index contributed by atoms with van der Waals surface area (Å²) in [5.74, 6) is 4.51. The van der Waals surface area contributed by atoms with Gasteiger partial charge in [0.15, 0.2) is 28.9 Å². The van der Waals surface area contributed by atoms with Gasteiger partial charge in [-0.2, -0.15) is 10.5 Å². The van der Waals surface area contributed by atoms with Crippen LogP contribution in [0.4, 0.5) is 0 Å². The summed E-state index contributed by atoms with van der Waals surface area (Å²) in [6.45, 7) is 20.6. The van der Waals surface area contributed by atoms with E-state index in [4.69, 9.17) is 69.0 Å². The molecule has 0 N–H and O–H groups in total. The molecular formula is C98H82Cl3N17O10. The van der Waals surface area contributed by atoms with Crippen LogP contribution in [0.15, 0.2) is 238 Å². The lowest BCUT2D eigenvalue weighted by Gasteiger charge is -2.09. The third-order valence-electron chi connectivity index (χ3n) is 18.0. The van der Waals surface area contributed by atoms with Gasteiger partial charge in [-0.25, -0.2) is 24.9 Å². The van der Waals surface area contributed by atoms with Gasteiger partial charge in [-0.05, 0) is 160 Å². The Morgan fingerprint density at radius 2 is 0.625 bits per heavy atom. The number of pyridine rings is 15. The Labute approximate surface area is 753 Å². The van der Waals surface area contributed by atoms with E-state index in [-0.39, 0.29) is 66.7 Å². The molecule has 640 valence electrons. The van der Waals surface area contributed by atoms with Crippen LogP contribution in [0.2, 0.25) is 15.1 Å². The van der Waals surface area contributed by atoms with Gasteiger partial charge in [0.1, 0.15) is 86.0 Å². The Hall–Kier alpha value is -15.6. The smallest absolute Gasteiger partial charge is 0.187 e. The van der Waals surface area contributed by atoms with Gasteiger partial charge in [0.05, 0.1) is 101 Å². The van der Waals surface area contributed by atoms with E-state index in [1.54, 1.807) is 148 Å². The average molecular weight is 1760 g/mol. The molecule has 0 aliphatic carbocycles. The van der Waals surface area contributed by atoms with Crippen LogP contribution in [0.5, 0.6) is 57.5 Å². The minimum atomic E-state index is -0.217. The summed E-state index contributed by atoms with van der Waals surface area (Å²) in [4.78, 5) is 126. The molecular weight excluding hydrogens is 1680 g/mol. The molecule has 30 heteroatoms. The van der Waals surface area contributed by atoms with Crippen LogP contribution in [-0.4, -0.2) is 104 Å². The third kappa shape index (κ3) is 29.6. The normalized spacial score (nSPS) is 10.4. The number of aromatic nitrogens is 15. The van der Waals surface area contributed by atoms with E-state index in [9.17, 15) is 24.0 Å². The molecule has 0 radical (unpaired) electrons. The zero-order valence-corrected chi connectivity index (χ0v) is 73.6. The van der Waals surface area contributed by atoms with Gasteiger partial charge in [-0.3, -0.25) is 73.8 Å². The summed E-state index contributed by atoms with van der Waals surface area (Å²) in [5, 5.41) is 19.3. The van der Waals surface area contributed by atoms with Crippen LogP contribution < -0.4 is 23.7 Å². The molecule has 0 fully saturated rings. The first-order chi connectivity index (χ1) is 61.4. The number of carbonyl (C=O) groups is 5. The van der Waals surface area contributed by atoms with Gasteiger partial charge in [0.2, 0.25) is 0 Å². The van der Waals surface area contributed by atoms with E-state index >= 15 is 0 Å². The van der Waals surface area contributed by atoms with Crippen molar-refractivity contribution in [2.24, 2.45) is 0 Å². The highest BCUT2D eigenvalue weighted by atomic mass is 35.5. The van der Waals surface area contributed by atoms with E-state index in [0.717, 1.165) is 51.0 Å². The molecule has 0 spiro atoms. The third-order valence-corrected chi connectivity index (χ3v) is 18.6. The second-order valence-corrected chi connectivity index (χ2v) is 30.4. The molecule has 0 aromatic carbocycles. The van der Waals surface area contributed by atoms with Crippen molar-refractivity contribution in [3.8, 4) is 69.6 Å². The fraction of sp³-hybridized carbons (Fsp3) is 0.163. The van der Waals surface area contributed by atoms with Gasteiger partial charge in [0, 0.05) is 196 Å². The molecule has 0 unspecified atom stereocenters. The van der Waals surface area contributed by atoms with Crippen molar-refractivity contribution in [3.63, 3.8) is 0 Å². The molecule has 15 rings (SSSR count). The lowest BCUT2D eigenvalue weighted by atomic mass is 10.1. The van der Waals surface area contributed by atoms with E-state index in [0.29, 0.717) is 146 Å². The molecule has 0 aliphatic rings. The lowest BCUT2D eigenvalue weighted by molar-refractivity contribution is 0.0978. The van der Waals surface area contributed by atoms with E-state index < -0.39 is 0 Å². The zero-order chi connectivity index (χ0) is 91.3. The van der Waals surface area contributed by atoms with Gasteiger partial charge in [-0.15, -0.1) is 0 Å². The number of hydrogen-bond acceptors (Lipinski definition) is 27. The van der Waals surface area contributed by atoms with Crippen molar-refractivity contribution < 1.29 is 47.7 Å². The van der Waals surface area contributed by atoms with Crippen molar-refractivity contribution in [3.05, 3.63) is 384 Å². The van der Waals surface area contributed by atoms with E-state index in [1.807, 2.05) is 141 Å². The number of ketones is 5. The number of ether oxygens (including phenoxy) is 5. The number of Topliss-reactive ketones (excluding diaryl/α,β-unsaturated/α-hetero) is 5. The van der Waals surface area contributed by atoms with Gasteiger partial charge >= 0.3 is 0 Å².